The molecule has 0 aliphatic heterocycles. The van der Waals surface area contributed by atoms with Crippen LogP contribution in [0.2, 0.25) is 0 Å². The third-order valence-electron chi connectivity index (χ3n) is 3.87. The number of para-hydroxylation sites is 1. The van der Waals surface area contributed by atoms with E-state index in [2.05, 4.69) is 20.1 Å². The third kappa shape index (κ3) is 4.37. The van der Waals surface area contributed by atoms with E-state index in [1.54, 1.807) is 33.5 Å². The predicted octanol–water partition coefficient (Wildman–Crippen LogP) is 2.83. The molecule has 2 aromatic heterocycles. The van der Waals surface area contributed by atoms with Crippen LogP contribution in [0.25, 0.3) is 11.4 Å². The van der Waals surface area contributed by atoms with Gasteiger partial charge in [-0.1, -0.05) is 18.1 Å². The number of rotatable bonds is 9. The lowest BCUT2D eigenvalue weighted by Crippen LogP contribution is -2.04. The van der Waals surface area contributed by atoms with Crippen LogP contribution < -0.4 is 14.2 Å². The molecule has 3 aromatic rings. The minimum absolute atomic E-state index is 0.0753. The van der Waals surface area contributed by atoms with Gasteiger partial charge < -0.3 is 23.5 Å². The van der Waals surface area contributed by atoms with Gasteiger partial charge in [0, 0.05) is 19.6 Å². The minimum atomic E-state index is 0.0753. The second kappa shape index (κ2) is 9.14. The van der Waals surface area contributed by atoms with Crippen LogP contribution in [0.1, 0.15) is 24.3 Å². The highest BCUT2D eigenvalue weighted by atomic mass is 16.5. The lowest BCUT2D eigenvalue weighted by molar-refractivity contribution is 0.179. The highest BCUT2D eigenvalue weighted by molar-refractivity contribution is 5.68. The zero-order valence-electron chi connectivity index (χ0n) is 16.3. The normalized spacial score (nSPS) is 10.7. The quantitative estimate of drug-likeness (QED) is 0.549. The van der Waals surface area contributed by atoms with E-state index < -0.39 is 0 Å². The van der Waals surface area contributed by atoms with Crippen molar-refractivity contribution in [1.82, 2.24) is 20.1 Å². The van der Waals surface area contributed by atoms with E-state index >= 15 is 0 Å². The zero-order chi connectivity index (χ0) is 19.9. The molecule has 9 nitrogen and oxygen atoms in total. The Balaban J connectivity index is 1.77. The predicted molar refractivity (Wildman–Crippen MR) is 99.3 cm³/mol. The average Bonchev–Trinajstić information content (AvgIpc) is 3.20. The van der Waals surface area contributed by atoms with Crippen LogP contribution in [0.5, 0.6) is 17.4 Å². The van der Waals surface area contributed by atoms with Crippen molar-refractivity contribution in [1.29, 1.82) is 0 Å². The molecule has 0 bridgehead atoms. The van der Waals surface area contributed by atoms with E-state index in [1.807, 2.05) is 19.1 Å². The van der Waals surface area contributed by atoms with Gasteiger partial charge in [0.15, 0.2) is 18.1 Å². The van der Waals surface area contributed by atoms with Gasteiger partial charge in [-0.2, -0.15) is 9.97 Å². The number of aryl methyl sites for hydroxylation is 1. The summed E-state index contributed by atoms with van der Waals surface area (Å²) in [5.74, 6) is 2.91. The van der Waals surface area contributed by atoms with Gasteiger partial charge in [-0.3, -0.25) is 0 Å². The minimum Gasteiger partial charge on any atom is -0.493 e. The number of hydrogen-bond donors (Lipinski definition) is 0. The Bertz CT molecular complexity index is 928. The molecular weight excluding hydrogens is 364 g/mol. The van der Waals surface area contributed by atoms with Gasteiger partial charge in [-0.25, -0.2) is 4.98 Å². The van der Waals surface area contributed by atoms with Crippen molar-refractivity contribution < 1.29 is 23.5 Å². The highest BCUT2D eigenvalue weighted by Crippen LogP contribution is 2.36. The lowest BCUT2D eigenvalue weighted by atomic mass is 10.1. The fraction of sp³-hybridized carbons (Fsp3) is 0.368. The molecule has 0 spiro atoms. The molecule has 0 saturated heterocycles. The van der Waals surface area contributed by atoms with E-state index in [-0.39, 0.29) is 6.61 Å². The molecule has 0 radical (unpaired) electrons. The Morgan fingerprint density at radius 1 is 1.00 bits per heavy atom. The second-order valence-electron chi connectivity index (χ2n) is 5.74. The molecule has 0 N–H and O–H groups in total. The summed E-state index contributed by atoms with van der Waals surface area (Å²) in [7, 11) is 4.74. The Labute approximate surface area is 162 Å². The highest BCUT2D eigenvalue weighted by Gasteiger charge is 2.17. The molecule has 0 fully saturated rings. The Morgan fingerprint density at radius 2 is 1.86 bits per heavy atom. The van der Waals surface area contributed by atoms with Crippen molar-refractivity contribution in [2.45, 2.75) is 26.6 Å². The van der Waals surface area contributed by atoms with Crippen LogP contribution >= 0.6 is 0 Å². The summed E-state index contributed by atoms with van der Waals surface area (Å²) in [6.45, 7) is 2.43. The SMILES string of the molecule is CCc1nc(COC)cc(OCc2nc(-c3cccc(OC)c3OC)no2)n1. The monoisotopic (exact) mass is 386 g/mol. The maximum absolute atomic E-state index is 5.71. The largest absolute Gasteiger partial charge is 0.493 e. The van der Waals surface area contributed by atoms with Crippen molar-refractivity contribution >= 4 is 0 Å². The number of nitrogens with zero attached hydrogens (tertiary/aromatic N) is 4. The summed E-state index contributed by atoms with van der Waals surface area (Å²) in [4.78, 5) is 13.1. The van der Waals surface area contributed by atoms with Crippen molar-refractivity contribution in [2.24, 2.45) is 0 Å². The molecule has 0 aliphatic carbocycles. The maximum Gasteiger partial charge on any atom is 0.264 e. The number of methoxy groups -OCH3 is 3. The third-order valence-corrected chi connectivity index (χ3v) is 3.87. The van der Waals surface area contributed by atoms with Crippen LogP contribution in [0.15, 0.2) is 28.8 Å². The van der Waals surface area contributed by atoms with Gasteiger partial charge in [0.1, 0.15) is 5.82 Å². The summed E-state index contributed by atoms with van der Waals surface area (Å²) in [5, 5.41) is 4.01. The zero-order valence-corrected chi connectivity index (χ0v) is 16.3. The number of benzene rings is 1. The molecule has 0 atom stereocenters. The summed E-state index contributed by atoms with van der Waals surface area (Å²) < 4.78 is 26.9. The molecule has 0 aliphatic rings. The van der Waals surface area contributed by atoms with Crippen molar-refractivity contribution in [3.63, 3.8) is 0 Å². The first-order chi connectivity index (χ1) is 13.7. The number of aromatic nitrogens is 4. The van der Waals surface area contributed by atoms with Crippen molar-refractivity contribution in [2.75, 3.05) is 21.3 Å². The molecule has 2 heterocycles. The standard InChI is InChI=1S/C19H22N4O5/c1-5-15-20-12(10-24-2)9-16(21-15)27-11-17-22-19(23-28-17)13-7-6-8-14(25-3)18(13)26-4/h6-9H,5,10-11H2,1-4H3. The number of ether oxygens (including phenoxy) is 4. The van der Waals surface area contributed by atoms with Gasteiger partial charge in [0.25, 0.3) is 5.89 Å². The van der Waals surface area contributed by atoms with Gasteiger partial charge in [-0.05, 0) is 12.1 Å². The summed E-state index contributed by atoms with van der Waals surface area (Å²) in [6, 6.07) is 7.18. The van der Waals surface area contributed by atoms with E-state index in [9.17, 15) is 0 Å². The molecule has 0 amide bonds. The fourth-order valence-electron chi connectivity index (χ4n) is 2.60. The van der Waals surface area contributed by atoms with E-state index in [0.29, 0.717) is 53.5 Å². The van der Waals surface area contributed by atoms with E-state index in [0.717, 1.165) is 5.69 Å². The Hall–Kier alpha value is -3.20. The summed E-state index contributed by atoms with van der Waals surface area (Å²) >= 11 is 0. The molecule has 0 saturated carbocycles. The van der Waals surface area contributed by atoms with Crippen molar-refractivity contribution in [3.05, 3.63) is 41.7 Å². The van der Waals surface area contributed by atoms with Crippen LogP contribution in [0.3, 0.4) is 0 Å². The fourth-order valence-corrected chi connectivity index (χ4v) is 2.60. The second-order valence-corrected chi connectivity index (χ2v) is 5.74. The molecule has 148 valence electrons. The summed E-state index contributed by atoms with van der Waals surface area (Å²) in [5.41, 5.74) is 1.41. The van der Waals surface area contributed by atoms with Gasteiger partial charge in [-0.15, -0.1) is 0 Å². The van der Waals surface area contributed by atoms with Crippen LogP contribution in [0.4, 0.5) is 0 Å². The molecule has 3 rings (SSSR count). The van der Waals surface area contributed by atoms with Crippen LogP contribution in [-0.4, -0.2) is 41.4 Å². The Morgan fingerprint density at radius 3 is 2.57 bits per heavy atom. The molecule has 0 unspecified atom stereocenters. The van der Waals surface area contributed by atoms with Gasteiger partial charge in [0.05, 0.1) is 32.1 Å². The molecule has 9 heteroatoms. The first-order valence-electron chi connectivity index (χ1n) is 8.71. The first-order valence-corrected chi connectivity index (χ1v) is 8.71. The van der Waals surface area contributed by atoms with Gasteiger partial charge >= 0.3 is 0 Å². The molecule has 28 heavy (non-hydrogen) atoms. The van der Waals surface area contributed by atoms with Gasteiger partial charge in [0.2, 0.25) is 11.7 Å². The van der Waals surface area contributed by atoms with E-state index in [1.165, 1.54) is 0 Å². The topological polar surface area (TPSA) is 102 Å². The molecular formula is C19H22N4O5. The molecule has 1 aromatic carbocycles. The first kappa shape index (κ1) is 19.6. The average molecular weight is 386 g/mol. The maximum atomic E-state index is 5.71. The number of hydrogen-bond acceptors (Lipinski definition) is 9. The lowest BCUT2D eigenvalue weighted by Gasteiger charge is -2.09. The smallest absolute Gasteiger partial charge is 0.264 e. The Kier molecular flexibility index (Phi) is 6.38. The van der Waals surface area contributed by atoms with E-state index in [4.69, 9.17) is 23.5 Å². The van der Waals surface area contributed by atoms with Crippen LogP contribution in [0, 0.1) is 0 Å². The summed E-state index contributed by atoms with van der Waals surface area (Å²) in [6.07, 6.45) is 0.689. The van der Waals surface area contributed by atoms with Crippen molar-refractivity contribution in [3.8, 4) is 28.8 Å². The van der Waals surface area contributed by atoms with Crippen LogP contribution in [-0.2, 0) is 24.4 Å².